The zero-order valence-electron chi connectivity index (χ0n) is 8.69. The van der Waals surface area contributed by atoms with Crippen LogP contribution in [0.1, 0.15) is 11.4 Å². The number of thiazole rings is 1. The van der Waals surface area contributed by atoms with Crippen LogP contribution in [0.5, 0.6) is 0 Å². The maximum Gasteiger partial charge on any atom is 0.132 e. The van der Waals surface area contributed by atoms with Crippen LogP contribution < -0.4 is 0 Å². The summed E-state index contributed by atoms with van der Waals surface area (Å²) in [6.07, 6.45) is 1.44. The lowest BCUT2D eigenvalue weighted by Gasteiger charge is -1.97. The Hall–Kier alpha value is -1.26. The molecule has 1 N–H and O–H groups in total. The molecule has 2 nitrogen and oxygen atoms in total. The van der Waals surface area contributed by atoms with Gasteiger partial charge in [0.15, 0.2) is 0 Å². The fraction of sp³-hybridized carbons (Fsp3) is 0.250. The van der Waals surface area contributed by atoms with E-state index in [0.717, 1.165) is 11.4 Å². The molecule has 0 saturated heterocycles. The maximum atomic E-state index is 13.5. The third-order valence-corrected chi connectivity index (χ3v) is 3.16. The summed E-state index contributed by atoms with van der Waals surface area (Å²) in [5.74, 6) is -0.249. The molecule has 0 aliphatic rings. The molecule has 1 aromatic carbocycles. The van der Waals surface area contributed by atoms with Crippen molar-refractivity contribution in [1.82, 2.24) is 4.98 Å². The highest BCUT2D eigenvalue weighted by molar-refractivity contribution is 7.09. The molecule has 0 unspecified atom stereocenters. The standard InChI is InChI=1S/C12H12FNOS/c13-10-5-2-1-4-9(10)11-8-16-12(14-11)6-3-7-15/h1-2,4-5,8,15H,3,6-7H2. The first-order valence-electron chi connectivity index (χ1n) is 5.11. The molecule has 16 heavy (non-hydrogen) atoms. The molecule has 0 atom stereocenters. The predicted molar refractivity (Wildman–Crippen MR) is 62.9 cm³/mol. The van der Waals surface area contributed by atoms with E-state index >= 15 is 0 Å². The number of aryl methyl sites for hydroxylation is 1. The summed E-state index contributed by atoms with van der Waals surface area (Å²) in [7, 11) is 0. The summed E-state index contributed by atoms with van der Waals surface area (Å²) in [6.45, 7) is 0.161. The quantitative estimate of drug-likeness (QED) is 0.887. The summed E-state index contributed by atoms with van der Waals surface area (Å²) >= 11 is 1.50. The highest BCUT2D eigenvalue weighted by Crippen LogP contribution is 2.24. The molecule has 0 aliphatic carbocycles. The molecule has 0 bridgehead atoms. The van der Waals surface area contributed by atoms with Gasteiger partial charge in [0.2, 0.25) is 0 Å². The Kier molecular flexibility index (Phi) is 3.64. The van der Waals surface area contributed by atoms with Crippen molar-refractivity contribution in [1.29, 1.82) is 0 Å². The van der Waals surface area contributed by atoms with Crippen molar-refractivity contribution in [2.24, 2.45) is 0 Å². The van der Waals surface area contributed by atoms with E-state index in [4.69, 9.17) is 5.11 Å². The average Bonchev–Trinajstić information content (AvgIpc) is 2.75. The number of benzene rings is 1. The molecule has 0 fully saturated rings. The molecule has 0 spiro atoms. The van der Waals surface area contributed by atoms with Crippen molar-refractivity contribution in [2.45, 2.75) is 12.8 Å². The van der Waals surface area contributed by atoms with E-state index < -0.39 is 0 Å². The van der Waals surface area contributed by atoms with Crippen LogP contribution in [0.15, 0.2) is 29.6 Å². The molecule has 84 valence electrons. The van der Waals surface area contributed by atoms with Gasteiger partial charge in [-0.2, -0.15) is 0 Å². The lowest BCUT2D eigenvalue weighted by molar-refractivity contribution is 0.288. The van der Waals surface area contributed by atoms with E-state index in [1.54, 1.807) is 18.2 Å². The lowest BCUT2D eigenvalue weighted by Crippen LogP contribution is -1.89. The number of hydrogen-bond acceptors (Lipinski definition) is 3. The molecule has 2 rings (SSSR count). The molecule has 1 aromatic heterocycles. The number of aromatic nitrogens is 1. The first kappa shape index (κ1) is 11.2. The third kappa shape index (κ3) is 2.46. The average molecular weight is 237 g/mol. The predicted octanol–water partition coefficient (Wildman–Crippen LogP) is 2.87. The first-order valence-corrected chi connectivity index (χ1v) is 5.99. The smallest absolute Gasteiger partial charge is 0.132 e. The third-order valence-electron chi connectivity index (χ3n) is 2.25. The zero-order valence-corrected chi connectivity index (χ0v) is 9.51. The highest BCUT2D eigenvalue weighted by Gasteiger charge is 2.08. The van der Waals surface area contributed by atoms with Gasteiger partial charge in [0.25, 0.3) is 0 Å². The van der Waals surface area contributed by atoms with E-state index in [-0.39, 0.29) is 12.4 Å². The fourth-order valence-corrected chi connectivity index (χ4v) is 2.29. The number of nitrogens with zero attached hydrogens (tertiary/aromatic N) is 1. The normalized spacial score (nSPS) is 10.6. The summed E-state index contributed by atoms with van der Waals surface area (Å²) < 4.78 is 13.5. The van der Waals surface area contributed by atoms with Crippen LogP contribution in [-0.2, 0) is 6.42 Å². The van der Waals surface area contributed by atoms with Gasteiger partial charge < -0.3 is 5.11 Å². The van der Waals surface area contributed by atoms with Gasteiger partial charge in [-0.1, -0.05) is 12.1 Å². The second-order valence-corrected chi connectivity index (χ2v) is 4.38. The van der Waals surface area contributed by atoms with Crippen molar-refractivity contribution < 1.29 is 9.50 Å². The van der Waals surface area contributed by atoms with Crippen LogP contribution in [0.3, 0.4) is 0 Å². The summed E-state index contributed by atoms with van der Waals surface area (Å²) in [5.41, 5.74) is 1.21. The van der Waals surface area contributed by atoms with E-state index in [1.165, 1.54) is 17.4 Å². The van der Waals surface area contributed by atoms with Gasteiger partial charge in [-0.3, -0.25) is 0 Å². The number of rotatable bonds is 4. The van der Waals surface area contributed by atoms with Crippen LogP contribution in [0, 0.1) is 5.82 Å². The Balaban J connectivity index is 2.22. The van der Waals surface area contributed by atoms with Crippen molar-refractivity contribution in [3.05, 3.63) is 40.5 Å². The number of aliphatic hydroxyl groups excluding tert-OH is 1. The molecule has 0 radical (unpaired) electrons. The van der Waals surface area contributed by atoms with Crippen molar-refractivity contribution >= 4 is 11.3 Å². The molecule has 0 saturated carbocycles. The lowest BCUT2D eigenvalue weighted by atomic mass is 10.1. The van der Waals surface area contributed by atoms with Crippen LogP contribution >= 0.6 is 11.3 Å². The number of halogens is 1. The van der Waals surface area contributed by atoms with Gasteiger partial charge >= 0.3 is 0 Å². The minimum Gasteiger partial charge on any atom is -0.396 e. The van der Waals surface area contributed by atoms with Crippen molar-refractivity contribution in [2.75, 3.05) is 6.61 Å². The summed E-state index contributed by atoms with van der Waals surface area (Å²) in [5, 5.41) is 11.5. The van der Waals surface area contributed by atoms with Crippen LogP contribution in [0.4, 0.5) is 4.39 Å². The van der Waals surface area contributed by atoms with Gasteiger partial charge in [-0.05, 0) is 18.6 Å². The Morgan fingerprint density at radius 1 is 1.31 bits per heavy atom. The molecule has 1 heterocycles. The van der Waals surface area contributed by atoms with E-state index in [9.17, 15) is 4.39 Å². The van der Waals surface area contributed by atoms with Gasteiger partial charge in [0, 0.05) is 24.0 Å². The van der Waals surface area contributed by atoms with Gasteiger partial charge in [-0.15, -0.1) is 11.3 Å². The van der Waals surface area contributed by atoms with Crippen LogP contribution in [-0.4, -0.2) is 16.7 Å². The maximum absolute atomic E-state index is 13.5. The number of aliphatic hydroxyl groups is 1. The first-order chi connectivity index (χ1) is 7.81. The minimum absolute atomic E-state index is 0.161. The van der Waals surface area contributed by atoms with Crippen LogP contribution in [0.2, 0.25) is 0 Å². The fourth-order valence-electron chi connectivity index (χ4n) is 1.45. The van der Waals surface area contributed by atoms with Gasteiger partial charge in [0.1, 0.15) is 5.82 Å². The van der Waals surface area contributed by atoms with E-state index in [0.29, 0.717) is 17.7 Å². The molecular formula is C12H12FNOS. The largest absolute Gasteiger partial charge is 0.396 e. The number of hydrogen-bond donors (Lipinski definition) is 1. The SMILES string of the molecule is OCCCc1nc(-c2ccccc2F)cs1. The zero-order chi connectivity index (χ0) is 11.4. The molecule has 2 aromatic rings. The minimum atomic E-state index is -0.249. The van der Waals surface area contributed by atoms with E-state index in [1.807, 2.05) is 5.38 Å². The second-order valence-electron chi connectivity index (χ2n) is 3.43. The topological polar surface area (TPSA) is 33.1 Å². The van der Waals surface area contributed by atoms with Crippen molar-refractivity contribution in [3.8, 4) is 11.3 Å². The Bertz CT molecular complexity index is 470. The van der Waals surface area contributed by atoms with E-state index in [2.05, 4.69) is 4.98 Å². The molecule has 0 amide bonds. The highest BCUT2D eigenvalue weighted by atomic mass is 32.1. The van der Waals surface area contributed by atoms with Crippen molar-refractivity contribution in [3.63, 3.8) is 0 Å². The van der Waals surface area contributed by atoms with Gasteiger partial charge in [0.05, 0.1) is 10.7 Å². The summed E-state index contributed by atoms with van der Waals surface area (Å²) in [4.78, 5) is 4.35. The molecule has 0 aliphatic heterocycles. The molecular weight excluding hydrogens is 225 g/mol. The van der Waals surface area contributed by atoms with Crippen LogP contribution in [0.25, 0.3) is 11.3 Å². The Morgan fingerprint density at radius 3 is 2.88 bits per heavy atom. The monoisotopic (exact) mass is 237 g/mol. The summed E-state index contributed by atoms with van der Waals surface area (Å²) in [6, 6.07) is 6.62. The Labute approximate surface area is 97.4 Å². The Morgan fingerprint density at radius 2 is 2.12 bits per heavy atom. The molecule has 4 heteroatoms. The second kappa shape index (κ2) is 5.18. The van der Waals surface area contributed by atoms with Gasteiger partial charge in [-0.25, -0.2) is 9.37 Å².